The lowest BCUT2D eigenvalue weighted by Crippen LogP contribution is -2.10. The Balaban J connectivity index is 1.88. The zero-order valence-corrected chi connectivity index (χ0v) is 15.3. The van der Waals surface area contributed by atoms with Gasteiger partial charge in [0.15, 0.2) is 5.66 Å². The fourth-order valence-electron chi connectivity index (χ4n) is 3.01. The zero-order valence-electron chi connectivity index (χ0n) is 15.3. The van der Waals surface area contributed by atoms with Gasteiger partial charge in [0, 0.05) is 0 Å². The van der Waals surface area contributed by atoms with Crippen LogP contribution < -0.4 is 0 Å². The summed E-state index contributed by atoms with van der Waals surface area (Å²) in [6.07, 6.45) is 20.2. The third kappa shape index (κ3) is 9.54. The Bertz CT molecular complexity index is 386. The van der Waals surface area contributed by atoms with Crippen molar-refractivity contribution < 1.29 is 0 Å². The predicted molar refractivity (Wildman–Crippen MR) is 97.2 cm³/mol. The first-order valence-electron chi connectivity index (χ1n) is 9.76. The van der Waals surface area contributed by atoms with E-state index in [4.69, 9.17) is 5.26 Å². The lowest BCUT2D eigenvalue weighted by Gasteiger charge is -2.09. The molecule has 0 N–H and O–H groups in total. The maximum absolute atomic E-state index is 8.98. The van der Waals surface area contributed by atoms with E-state index in [1.165, 1.54) is 57.8 Å². The molecule has 0 fully saturated rings. The van der Waals surface area contributed by atoms with Gasteiger partial charge in [-0.25, -0.2) is 0 Å². The van der Waals surface area contributed by atoms with E-state index in [-0.39, 0.29) is 11.6 Å². The van der Waals surface area contributed by atoms with Crippen LogP contribution in [0.25, 0.3) is 0 Å². The highest BCUT2D eigenvalue weighted by Gasteiger charge is 2.37. The Morgan fingerprint density at radius 1 is 0.913 bits per heavy atom. The van der Waals surface area contributed by atoms with Gasteiger partial charge in [-0.2, -0.15) is 15.5 Å². The third-order valence-electron chi connectivity index (χ3n) is 4.65. The average molecular weight is 318 g/mol. The van der Waals surface area contributed by atoms with Crippen LogP contribution >= 0.6 is 0 Å². The predicted octanol–water partition coefficient (Wildman–Crippen LogP) is 6.96. The van der Waals surface area contributed by atoms with Gasteiger partial charge in [-0.15, -0.1) is 0 Å². The van der Waals surface area contributed by atoms with E-state index in [1.54, 1.807) is 0 Å². The molecule has 1 aliphatic rings. The minimum absolute atomic E-state index is 0.0522. The van der Waals surface area contributed by atoms with Crippen LogP contribution in [0.3, 0.4) is 0 Å². The van der Waals surface area contributed by atoms with Crippen LogP contribution in [0.15, 0.2) is 22.4 Å². The topological polar surface area (TPSA) is 48.5 Å². The van der Waals surface area contributed by atoms with Crippen molar-refractivity contribution in [3.8, 4) is 6.07 Å². The first kappa shape index (κ1) is 19.9. The monoisotopic (exact) mass is 317 g/mol. The molecule has 1 aliphatic heterocycles. The summed E-state index contributed by atoms with van der Waals surface area (Å²) in [5.41, 5.74) is 0.0522. The molecular formula is C20H35N3. The smallest absolute Gasteiger partial charge is 0.191 e. The van der Waals surface area contributed by atoms with Crippen molar-refractivity contribution in [3.05, 3.63) is 12.2 Å². The molecule has 0 radical (unpaired) electrons. The van der Waals surface area contributed by atoms with Crippen molar-refractivity contribution in [2.45, 2.75) is 103 Å². The van der Waals surface area contributed by atoms with Crippen molar-refractivity contribution in [1.29, 1.82) is 5.26 Å². The van der Waals surface area contributed by atoms with Gasteiger partial charge in [-0.3, -0.25) is 0 Å². The fraction of sp³-hybridized carbons (Fsp3) is 0.850. The summed E-state index contributed by atoms with van der Waals surface area (Å²) in [6, 6.07) is 2.36. The third-order valence-corrected chi connectivity index (χ3v) is 4.65. The summed E-state index contributed by atoms with van der Waals surface area (Å²) >= 11 is 0. The molecule has 0 amide bonds. The Morgan fingerprint density at radius 2 is 1.57 bits per heavy atom. The second kappa shape index (κ2) is 12.3. The Labute approximate surface area is 143 Å². The molecule has 0 aromatic rings. The lowest BCUT2D eigenvalue weighted by molar-refractivity contribution is 0.452. The van der Waals surface area contributed by atoms with Crippen LogP contribution in [0.1, 0.15) is 97.3 Å². The number of nitrogens with zero attached hydrogens (tertiary/aromatic N) is 3. The van der Waals surface area contributed by atoms with Crippen LogP contribution in [0, 0.1) is 17.2 Å². The Kier molecular flexibility index (Phi) is 10.6. The van der Waals surface area contributed by atoms with Crippen LogP contribution in [0.2, 0.25) is 0 Å². The maximum atomic E-state index is 8.98. The van der Waals surface area contributed by atoms with Crippen molar-refractivity contribution in [2.75, 3.05) is 0 Å². The Morgan fingerprint density at radius 3 is 2.17 bits per heavy atom. The Hall–Kier alpha value is -1.17. The molecule has 0 spiro atoms. The van der Waals surface area contributed by atoms with E-state index in [1.807, 2.05) is 0 Å². The number of allylic oxidation sites excluding steroid dienone is 2. The van der Waals surface area contributed by atoms with Gasteiger partial charge in [0.2, 0.25) is 0 Å². The van der Waals surface area contributed by atoms with E-state index in [0.717, 1.165) is 25.7 Å². The second-order valence-electron chi connectivity index (χ2n) is 6.90. The zero-order chi connectivity index (χ0) is 16.8. The molecule has 0 aromatic carbocycles. The molecule has 0 saturated carbocycles. The van der Waals surface area contributed by atoms with E-state index in [0.29, 0.717) is 0 Å². The van der Waals surface area contributed by atoms with Crippen molar-refractivity contribution >= 4 is 0 Å². The highest BCUT2D eigenvalue weighted by molar-refractivity contribution is 4.99. The summed E-state index contributed by atoms with van der Waals surface area (Å²) in [7, 11) is 0. The first-order chi connectivity index (χ1) is 11.3. The van der Waals surface area contributed by atoms with Crippen LogP contribution in [0.5, 0.6) is 0 Å². The number of hydrogen-bond donors (Lipinski definition) is 0. The molecule has 1 atom stereocenters. The van der Waals surface area contributed by atoms with Gasteiger partial charge in [-0.05, 0) is 44.9 Å². The van der Waals surface area contributed by atoms with Gasteiger partial charge in [0.25, 0.3) is 0 Å². The van der Waals surface area contributed by atoms with Gasteiger partial charge < -0.3 is 0 Å². The van der Waals surface area contributed by atoms with Crippen molar-refractivity contribution in [1.82, 2.24) is 0 Å². The molecule has 1 rings (SSSR count). The van der Waals surface area contributed by atoms with Crippen LogP contribution in [-0.4, -0.2) is 5.66 Å². The minimum Gasteiger partial charge on any atom is -0.198 e. The highest BCUT2D eigenvalue weighted by atomic mass is 15.4. The quantitative estimate of drug-likeness (QED) is 0.238. The highest BCUT2D eigenvalue weighted by Crippen LogP contribution is 2.38. The first-order valence-corrected chi connectivity index (χ1v) is 9.76. The largest absolute Gasteiger partial charge is 0.198 e. The molecule has 130 valence electrons. The van der Waals surface area contributed by atoms with E-state index < -0.39 is 0 Å². The molecule has 23 heavy (non-hydrogen) atoms. The van der Waals surface area contributed by atoms with Gasteiger partial charge in [-0.1, -0.05) is 64.5 Å². The fourth-order valence-corrected chi connectivity index (χ4v) is 3.01. The molecule has 0 aliphatic carbocycles. The molecule has 3 heteroatoms. The molecule has 0 bridgehead atoms. The number of unbranched alkanes of at least 4 members (excludes halogenated alkanes) is 7. The average Bonchev–Trinajstić information content (AvgIpc) is 3.34. The summed E-state index contributed by atoms with van der Waals surface area (Å²) in [6.45, 7) is 4.37. The van der Waals surface area contributed by atoms with E-state index in [9.17, 15) is 0 Å². The number of hydrogen-bond acceptors (Lipinski definition) is 3. The summed E-state index contributed by atoms with van der Waals surface area (Å²) in [4.78, 5) is 0. The minimum atomic E-state index is 0.0522. The molecule has 1 unspecified atom stereocenters. The maximum Gasteiger partial charge on any atom is 0.191 e. The van der Waals surface area contributed by atoms with Gasteiger partial charge in [0.05, 0.1) is 12.0 Å². The lowest BCUT2D eigenvalue weighted by atomic mass is 9.98. The van der Waals surface area contributed by atoms with Gasteiger partial charge >= 0.3 is 0 Å². The molecule has 1 heterocycles. The summed E-state index contributed by atoms with van der Waals surface area (Å²) < 4.78 is 0. The molecule has 0 aromatic heterocycles. The molecule has 3 nitrogen and oxygen atoms in total. The van der Waals surface area contributed by atoms with E-state index in [2.05, 4.69) is 42.3 Å². The summed E-state index contributed by atoms with van der Waals surface area (Å²) in [5.74, 6) is 0.123. The van der Waals surface area contributed by atoms with Crippen LogP contribution in [0.4, 0.5) is 0 Å². The second-order valence-corrected chi connectivity index (χ2v) is 6.90. The standard InChI is InChI=1S/C20H35N3/c1-3-5-16-20(22-23-20)17-13-11-9-7-6-8-10-12-15-19(18-21)14-4-2/h12,15,19H,3-11,13-14,16-17H2,1-2H3/b15-12+. The number of nitriles is 1. The van der Waals surface area contributed by atoms with Crippen molar-refractivity contribution in [3.63, 3.8) is 0 Å². The van der Waals surface area contributed by atoms with Crippen LogP contribution in [-0.2, 0) is 0 Å². The van der Waals surface area contributed by atoms with E-state index >= 15 is 0 Å². The summed E-state index contributed by atoms with van der Waals surface area (Å²) in [5, 5.41) is 17.5. The molecular weight excluding hydrogens is 282 g/mol. The van der Waals surface area contributed by atoms with Crippen molar-refractivity contribution in [2.24, 2.45) is 16.1 Å². The van der Waals surface area contributed by atoms with Gasteiger partial charge in [0.1, 0.15) is 0 Å². The normalized spacial score (nSPS) is 16.6. The number of rotatable bonds is 15. The molecule has 0 saturated heterocycles. The SMILES string of the molecule is CCCCC1(CCCCCCCC/C=C/C(C#N)CCC)N=N1.